The SMILES string of the molecule is CC(=O)OC[C@H](CO)CC(=O)OC(C)(C)C. The van der Waals surface area contributed by atoms with Crippen molar-refractivity contribution in [3.63, 3.8) is 0 Å². The molecule has 0 radical (unpaired) electrons. The van der Waals surface area contributed by atoms with Crippen LogP contribution in [0.5, 0.6) is 0 Å². The third-order valence-electron chi connectivity index (χ3n) is 1.66. The summed E-state index contributed by atoms with van der Waals surface area (Å²) in [5, 5.41) is 8.99. The summed E-state index contributed by atoms with van der Waals surface area (Å²) >= 11 is 0. The van der Waals surface area contributed by atoms with Gasteiger partial charge in [-0.2, -0.15) is 0 Å². The molecule has 0 heterocycles. The molecule has 1 atom stereocenters. The van der Waals surface area contributed by atoms with E-state index in [1.165, 1.54) is 6.92 Å². The number of ether oxygens (including phenoxy) is 2. The molecular formula is C11H20O5. The number of aliphatic hydroxyl groups is 1. The highest BCUT2D eigenvalue weighted by Crippen LogP contribution is 2.12. The zero-order chi connectivity index (χ0) is 12.8. The molecule has 16 heavy (non-hydrogen) atoms. The molecule has 94 valence electrons. The molecule has 0 rings (SSSR count). The smallest absolute Gasteiger partial charge is 0.306 e. The summed E-state index contributed by atoms with van der Waals surface area (Å²) in [5.41, 5.74) is -0.543. The molecule has 0 spiro atoms. The van der Waals surface area contributed by atoms with Crippen molar-refractivity contribution in [3.8, 4) is 0 Å². The predicted octanol–water partition coefficient (Wildman–Crippen LogP) is 0.890. The van der Waals surface area contributed by atoms with Crippen LogP contribution in [-0.2, 0) is 19.1 Å². The first-order valence-electron chi connectivity index (χ1n) is 5.20. The standard InChI is InChI=1S/C11H20O5/c1-8(13)15-7-9(6-12)5-10(14)16-11(2,3)4/h9,12H,5-7H2,1-4H3/t9-/m0/s1. The minimum absolute atomic E-state index is 0.0328. The Morgan fingerprint density at radius 1 is 1.31 bits per heavy atom. The molecule has 0 unspecified atom stereocenters. The molecule has 5 heteroatoms. The Balaban J connectivity index is 4.02. The van der Waals surface area contributed by atoms with Crippen LogP contribution in [-0.4, -0.2) is 35.9 Å². The number of hydrogen-bond acceptors (Lipinski definition) is 5. The number of carbonyl (C=O) groups excluding carboxylic acids is 2. The van der Waals surface area contributed by atoms with Crippen LogP contribution in [0.25, 0.3) is 0 Å². The van der Waals surface area contributed by atoms with Gasteiger partial charge in [0.15, 0.2) is 0 Å². The molecule has 0 aromatic carbocycles. The van der Waals surface area contributed by atoms with Crippen molar-refractivity contribution in [3.05, 3.63) is 0 Å². The minimum Gasteiger partial charge on any atom is -0.465 e. The number of carbonyl (C=O) groups is 2. The molecule has 0 aromatic heterocycles. The highest BCUT2D eigenvalue weighted by atomic mass is 16.6. The number of hydrogen-bond donors (Lipinski definition) is 1. The highest BCUT2D eigenvalue weighted by Gasteiger charge is 2.20. The van der Waals surface area contributed by atoms with E-state index in [0.29, 0.717) is 0 Å². The van der Waals surface area contributed by atoms with Crippen LogP contribution >= 0.6 is 0 Å². The fourth-order valence-corrected chi connectivity index (χ4v) is 1.03. The van der Waals surface area contributed by atoms with Crippen LogP contribution in [0.3, 0.4) is 0 Å². The fourth-order valence-electron chi connectivity index (χ4n) is 1.03. The van der Waals surface area contributed by atoms with Crippen LogP contribution in [0, 0.1) is 5.92 Å². The molecule has 0 aliphatic heterocycles. The first-order valence-corrected chi connectivity index (χ1v) is 5.20. The number of rotatable bonds is 5. The van der Waals surface area contributed by atoms with Gasteiger partial charge in [-0.1, -0.05) is 0 Å². The molecule has 0 saturated carbocycles. The van der Waals surface area contributed by atoms with Crippen molar-refractivity contribution >= 4 is 11.9 Å². The first kappa shape index (κ1) is 14.9. The van der Waals surface area contributed by atoms with Gasteiger partial charge in [-0.15, -0.1) is 0 Å². The average Bonchev–Trinajstić information content (AvgIpc) is 2.08. The summed E-state index contributed by atoms with van der Waals surface area (Å²) in [6, 6.07) is 0. The zero-order valence-electron chi connectivity index (χ0n) is 10.3. The number of esters is 2. The second-order valence-corrected chi connectivity index (χ2v) is 4.64. The van der Waals surface area contributed by atoms with Gasteiger partial charge in [-0.25, -0.2) is 0 Å². The van der Waals surface area contributed by atoms with Gasteiger partial charge in [0, 0.05) is 19.4 Å². The van der Waals surface area contributed by atoms with E-state index in [1.54, 1.807) is 20.8 Å². The van der Waals surface area contributed by atoms with E-state index in [9.17, 15) is 9.59 Å². The van der Waals surface area contributed by atoms with Crippen LogP contribution in [0.2, 0.25) is 0 Å². The normalized spacial score (nSPS) is 13.1. The van der Waals surface area contributed by atoms with Crippen molar-refractivity contribution in [1.82, 2.24) is 0 Å². The van der Waals surface area contributed by atoms with Gasteiger partial charge in [0.2, 0.25) is 0 Å². The van der Waals surface area contributed by atoms with Gasteiger partial charge in [0.1, 0.15) is 5.60 Å². The fraction of sp³-hybridized carbons (Fsp3) is 0.818. The Morgan fingerprint density at radius 2 is 1.88 bits per heavy atom. The van der Waals surface area contributed by atoms with Gasteiger partial charge in [-0.05, 0) is 20.8 Å². The van der Waals surface area contributed by atoms with Crippen molar-refractivity contribution in [2.45, 2.75) is 39.7 Å². The molecular weight excluding hydrogens is 212 g/mol. The Bertz CT molecular complexity index is 241. The Hall–Kier alpha value is -1.10. The van der Waals surface area contributed by atoms with E-state index >= 15 is 0 Å². The summed E-state index contributed by atoms with van der Waals surface area (Å²) in [4.78, 5) is 22.0. The molecule has 1 N–H and O–H groups in total. The van der Waals surface area contributed by atoms with Crippen molar-refractivity contribution in [2.75, 3.05) is 13.2 Å². The maximum absolute atomic E-state index is 11.4. The maximum atomic E-state index is 11.4. The highest BCUT2D eigenvalue weighted by molar-refractivity contribution is 5.70. The van der Waals surface area contributed by atoms with E-state index in [4.69, 9.17) is 14.6 Å². The number of aliphatic hydroxyl groups excluding tert-OH is 1. The van der Waals surface area contributed by atoms with Gasteiger partial charge in [0.25, 0.3) is 0 Å². The molecule has 0 aliphatic carbocycles. The molecule has 0 aromatic rings. The third kappa shape index (κ3) is 8.23. The quantitative estimate of drug-likeness (QED) is 0.713. The lowest BCUT2D eigenvalue weighted by molar-refractivity contribution is -0.158. The van der Waals surface area contributed by atoms with E-state index in [-0.39, 0.29) is 19.6 Å². The Labute approximate surface area is 95.7 Å². The van der Waals surface area contributed by atoms with Gasteiger partial charge < -0.3 is 14.6 Å². The molecule has 5 nitrogen and oxygen atoms in total. The Kier molecular flexibility index (Phi) is 6.03. The van der Waals surface area contributed by atoms with Gasteiger partial charge in [-0.3, -0.25) is 9.59 Å². The van der Waals surface area contributed by atoms with E-state index in [2.05, 4.69) is 0 Å². The van der Waals surface area contributed by atoms with Crippen LogP contribution in [0.4, 0.5) is 0 Å². The molecule has 0 fully saturated rings. The summed E-state index contributed by atoms with van der Waals surface area (Å²) in [7, 11) is 0. The summed E-state index contributed by atoms with van der Waals surface area (Å²) in [6.45, 7) is 6.40. The monoisotopic (exact) mass is 232 g/mol. The van der Waals surface area contributed by atoms with E-state index in [1.807, 2.05) is 0 Å². The lowest BCUT2D eigenvalue weighted by atomic mass is 10.1. The second-order valence-electron chi connectivity index (χ2n) is 4.64. The van der Waals surface area contributed by atoms with Crippen molar-refractivity contribution in [2.24, 2.45) is 5.92 Å². The molecule has 0 bridgehead atoms. The van der Waals surface area contributed by atoms with Gasteiger partial charge in [0.05, 0.1) is 13.0 Å². The largest absolute Gasteiger partial charge is 0.465 e. The van der Waals surface area contributed by atoms with Crippen LogP contribution < -0.4 is 0 Å². The second kappa shape index (κ2) is 6.48. The van der Waals surface area contributed by atoms with Crippen molar-refractivity contribution in [1.29, 1.82) is 0 Å². The average molecular weight is 232 g/mol. The lowest BCUT2D eigenvalue weighted by Crippen LogP contribution is -2.27. The summed E-state index contributed by atoms with van der Waals surface area (Å²) < 4.78 is 9.81. The topological polar surface area (TPSA) is 72.8 Å². The molecule has 0 saturated heterocycles. The summed E-state index contributed by atoms with van der Waals surface area (Å²) in [5.74, 6) is -1.24. The van der Waals surface area contributed by atoms with E-state index < -0.39 is 23.5 Å². The third-order valence-corrected chi connectivity index (χ3v) is 1.66. The predicted molar refractivity (Wildman–Crippen MR) is 57.7 cm³/mol. The van der Waals surface area contributed by atoms with Gasteiger partial charge >= 0.3 is 11.9 Å². The first-order chi connectivity index (χ1) is 7.24. The maximum Gasteiger partial charge on any atom is 0.306 e. The minimum atomic E-state index is -0.543. The van der Waals surface area contributed by atoms with Crippen molar-refractivity contribution < 1.29 is 24.2 Å². The van der Waals surface area contributed by atoms with Crippen LogP contribution in [0.1, 0.15) is 34.1 Å². The lowest BCUT2D eigenvalue weighted by Gasteiger charge is -2.21. The molecule has 0 amide bonds. The Morgan fingerprint density at radius 3 is 2.25 bits per heavy atom. The molecule has 0 aliphatic rings. The summed E-state index contributed by atoms with van der Waals surface area (Å²) in [6.07, 6.45) is 0.0427. The zero-order valence-corrected chi connectivity index (χ0v) is 10.3. The van der Waals surface area contributed by atoms with E-state index in [0.717, 1.165) is 0 Å². The van der Waals surface area contributed by atoms with Crippen LogP contribution in [0.15, 0.2) is 0 Å².